The highest BCUT2D eigenvalue weighted by atomic mass is 16.1. The van der Waals surface area contributed by atoms with E-state index in [2.05, 4.69) is 38.5 Å². The molecule has 0 saturated carbocycles. The van der Waals surface area contributed by atoms with E-state index in [4.69, 9.17) is 0 Å². The zero-order chi connectivity index (χ0) is 19.2. The van der Waals surface area contributed by atoms with Crippen molar-refractivity contribution in [1.29, 1.82) is 0 Å². The molecule has 3 aromatic rings. The van der Waals surface area contributed by atoms with Crippen LogP contribution in [0.2, 0.25) is 0 Å². The number of likely N-dealkylation sites (tertiary alicyclic amines) is 1. The van der Waals surface area contributed by atoms with Crippen molar-refractivity contribution in [3.8, 4) is 5.69 Å². The van der Waals surface area contributed by atoms with Gasteiger partial charge in [0.15, 0.2) is 0 Å². The largest absolute Gasteiger partial charge is 0.350 e. The van der Waals surface area contributed by atoms with Crippen LogP contribution in [0.5, 0.6) is 0 Å². The van der Waals surface area contributed by atoms with Crippen LogP contribution in [0.1, 0.15) is 24.1 Å². The molecule has 1 aliphatic rings. The van der Waals surface area contributed by atoms with E-state index in [1.807, 2.05) is 41.2 Å². The smallest absolute Gasteiger partial charge is 0.223 e. The molecule has 6 nitrogen and oxygen atoms in total. The van der Waals surface area contributed by atoms with E-state index in [1.54, 1.807) is 12.4 Å². The van der Waals surface area contributed by atoms with Crippen molar-refractivity contribution in [3.05, 3.63) is 78.4 Å². The minimum Gasteiger partial charge on any atom is -0.350 e. The summed E-state index contributed by atoms with van der Waals surface area (Å²) < 4.78 is 1.91. The molecule has 0 unspecified atom stereocenters. The average Bonchev–Trinajstić information content (AvgIpc) is 3.28. The molecular formula is C22H25N5O. The van der Waals surface area contributed by atoms with Gasteiger partial charge in [0.2, 0.25) is 5.91 Å². The Morgan fingerprint density at radius 1 is 1.04 bits per heavy atom. The lowest BCUT2D eigenvalue weighted by Gasteiger charge is -2.31. The fourth-order valence-corrected chi connectivity index (χ4v) is 3.70. The van der Waals surface area contributed by atoms with Gasteiger partial charge in [-0.15, -0.1) is 0 Å². The Bertz CT molecular complexity index is 886. The van der Waals surface area contributed by atoms with Crippen molar-refractivity contribution in [3.63, 3.8) is 0 Å². The number of rotatable bonds is 6. The lowest BCUT2D eigenvalue weighted by Crippen LogP contribution is -2.40. The summed E-state index contributed by atoms with van der Waals surface area (Å²) in [5, 5.41) is 7.39. The first-order valence-corrected chi connectivity index (χ1v) is 9.77. The Labute approximate surface area is 165 Å². The Balaban J connectivity index is 1.30. The number of hydrogen-bond donors (Lipinski definition) is 1. The lowest BCUT2D eigenvalue weighted by atomic mass is 9.95. The lowest BCUT2D eigenvalue weighted by molar-refractivity contribution is -0.126. The maximum Gasteiger partial charge on any atom is 0.223 e. The van der Waals surface area contributed by atoms with Gasteiger partial charge in [-0.3, -0.25) is 14.7 Å². The van der Waals surface area contributed by atoms with Crippen molar-refractivity contribution >= 4 is 5.91 Å². The van der Waals surface area contributed by atoms with Gasteiger partial charge in [0, 0.05) is 31.1 Å². The maximum absolute atomic E-state index is 12.5. The number of amides is 1. The zero-order valence-corrected chi connectivity index (χ0v) is 15.9. The number of piperidine rings is 1. The molecule has 1 aromatic carbocycles. The van der Waals surface area contributed by atoms with E-state index in [0.29, 0.717) is 6.54 Å². The van der Waals surface area contributed by atoms with Gasteiger partial charge in [-0.2, -0.15) is 5.10 Å². The monoisotopic (exact) mass is 375 g/mol. The number of para-hydroxylation sites is 1. The zero-order valence-electron chi connectivity index (χ0n) is 15.9. The molecule has 0 aliphatic carbocycles. The summed E-state index contributed by atoms with van der Waals surface area (Å²) in [5.74, 6) is 0.226. The van der Waals surface area contributed by atoms with Crippen LogP contribution >= 0.6 is 0 Å². The number of pyridine rings is 1. The molecule has 1 saturated heterocycles. The number of hydrogen-bond acceptors (Lipinski definition) is 4. The molecule has 1 fully saturated rings. The third-order valence-corrected chi connectivity index (χ3v) is 5.27. The quantitative estimate of drug-likeness (QED) is 0.720. The molecule has 144 valence electrons. The van der Waals surface area contributed by atoms with E-state index >= 15 is 0 Å². The Kier molecular flexibility index (Phi) is 5.77. The molecule has 1 amide bonds. The molecule has 6 heteroatoms. The summed E-state index contributed by atoms with van der Waals surface area (Å²) in [6.07, 6.45) is 7.29. The van der Waals surface area contributed by atoms with Gasteiger partial charge in [-0.25, -0.2) is 4.68 Å². The Hall–Kier alpha value is -2.99. The maximum atomic E-state index is 12.5. The van der Waals surface area contributed by atoms with E-state index in [-0.39, 0.29) is 11.8 Å². The van der Waals surface area contributed by atoms with E-state index in [0.717, 1.165) is 43.9 Å². The van der Waals surface area contributed by atoms with Gasteiger partial charge in [0.05, 0.1) is 17.9 Å². The van der Waals surface area contributed by atoms with Crippen molar-refractivity contribution in [2.24, 2.45) is 5.92 Å². The third-order valence-electron chi connectivity index (χ3n) is 5.27. The topological polar surface area (TPSA) is 63.1 Å². The van der Waals surface area contributed by atoms with Crippen LogP contribution in [-0.2, 0) is 17.9 Å². The molecule has 0 bridgehead atoms. The van der Waals surface area contributed by atoms with Crippen LogP contribution in [0.3, 0.4) is 0 Å². The molecule has 2 aromatic heterocycles. The van der Waals surface area contributed by atoms with Gasteiger partial charge in [-0.05, 0) is 55.8 Å². The minimum atomic E-state index is 0.0846. The SMILES string of the molecule is O=C(NCc1ccccn1)C1CCN(Cc2ccccc2-n2cccn2)CC1. The highest BCUT2D eigenvalue weighted by Gasteiger charge is 2.25. The standard InChI is InChI=1S/C22H25N5O/c28-22(24-16-20-7-3-4-11-23-20)18-9-14-26(15-10-18)17-19-6-1-2-8-21(19)27-13-5-12-25-27/h1-8,11-13,18H,9-10,14-17H2,(H,24,28). The number of aromatic nitrogens is 3. The van der Waals surface area contributed by atoms with Gasteiger partial charge in [0.25, 0.3) is 0 Å². The van der Waals surface area contributed by atoms with Crippen LogP contribution in [0.25, 0.3) is 5.69 Å². The molecule has 1 N–H and O–H groups in total. The fourth-order valence-electron chi connectivity index (χ4n) is 3.70. The predicted molar refractivity (Wildman–Crippen MR) is 108 cm³/mol. The van der Waals surface area contributed by atoms with Crippen molar-refractivity contribution in [2.75, 3.05) is 13.1 Å². The van der Waals surface area contributed by atoms with E-state index < -0.39 is 0 Å². The van der Waals surface area contributed by atoms with Crippen molar-refractivity contribution in [2.45, 2.75) is 25.9 Å². The molecule has 1 aliphatic heterocycles. The summed E-state index contributed by atoms with van der Waals surface area (Å²) in [7, 11) is 0. The van der Waals surface area contributed by atoms with E-state index in [9.17, 15) is 4.79 Å². The van der Waals surface area contributed by atoms with Gasteiger partial charge in [0.1, 0.15) is 0 Å². The number of benzene rings is 1. The summed E-state index contributed by atoms with van der Waals surface area (Å²) in [4.78, 5) is 19.2. The Morgan fingerprint density at radius 2 is 1.86 bits per heavy atom. The summed E-state index contributed by atoms with van der Waals surface area (Å²) in [6.45, 7) is 3.22. The molecular weight excluding hydrogens is 350 g/mol. The third kappa shape index (κ3) is 4.46. The molecule has 0 atom stereocenters. The van der Waals surface area contributed by atoms with Crippen molar-refractivity contribution in [1.82, 2.24) is 25.0 Å². The first kappa shape index (κ1) is 18.4. The average molecular weight is 375 g/mol. The summed E-state index contributed by atoms with van der Waals surface area (Å²) in [6, 6.07) is 16.0. The second kappa shape index (κ2) is 8.80. The van der Waals surface area contributed by atoms with Crippen LogP contribution in [0, 0.1) is 5.92 Å². The molecule has 3 heterocycles. The first-order valence-electron chi connectivity index (χ1n) is 9.77. The second-order valence-corrected chi connectivity index (χ2v) is 7.17. The highest BCUT2D eigenvalue weighted by molar-refractivity contribution is 5.78. The van der Waals surface area contributed by atoms with Crippen molar-refractivity contribution < 1.29 is 4.79 Å². The van der Waals surface area contributed by atoms with Gasteiger partial charge >= 0.3 is 0 Å². The molecule has 0 radical (unpaired) electrons. The first-order chi connectivity index (χ1) is 13.8. The van der Waals surface area contributed by atoms with E-state index in [1.165, 1.54) is 5.56 Å². The Morgan fingerprint density at radius 3 is 2.61 bits per heavy atom. The van der Waals surface area contributed by atoms with Gasteiger partial charge in [-0.1, -0.05) is 24.3 Å². The number of carbonyl (C=O) groups excluding carboxylic acids is 1. The minimum absolute atomic E-state index is 0.0846. The predicted octanol–water partition coefficient (Wildman–Crippen LogP) is 2.80. The highest BCUT2D eigenvalue weighted by Crippen LogP contribution is 2.22. The molecule has 28 heavy (non-hydrogen) atoms. The number of nitrogens with zero attached hydrogens (tertiary/aromatic N) is 4. The summed E-state index contributed by atoms with van der Waals surface area (Å²) >= 11 is 0. The number of nitrogens with one attached hydrogen (secondary N) is 1. The summed E-state index contributed by atoms with van der Waals surface area (Å²) in [5.41, 5.74) is 3.26. The van der Waals surface area contributed by atoms with Crippen LogP contribution in [-0.4, -0.2) is 38.7 Å². The van der Waals surface area contributed by atoms with Crippen LogP contribution in [0.4, 0.5) is 0 Å². The fraction of sp³-hybridized carbons (Fsp3) is 0.318. The van der Waals surface area contributed by atoms with Crippen LogP contribution < -0.4 is 5.32 Å². The normalized spacial score (nSPS) is 15.4. The van der Waals surface area contributed by atoms with Gasteiger partial charge < -0.3 is 5.32 Å². The molecule has 0 spiro atoms. The number of carbonyl (C=O) groups is 1. The second-order valence-electron chi connectivity index (χ2n) is 7.17. The molecule has 4 rings (SSSR count). The van der Waals surface area contributed by atoms with Crippen LogP contribution in [0.15, 0.2) is 67.1 Å².